The molecule has 8 nitrogen and oxygen atoms in total. The van der Waals surface area contributed by atoms with Gasteiger partial charge in [0.1, 0.15) is 0 Å². The van der Waals surface area contributed by atoms with Gasteiger partial charge in [-0.2, -0.15) is 0 Å². The summed E-state index contributed by atoms with van der Waals surface area (Å²) in [7, 11) is 5.39. The Hall–Kier alpha value is -2.40. The lowest BCUT2D eigenvalue weighted by Gasteiger charge is -2.37. The quantitative estimate of drug-likeness (QED) is 0.167. The van der Waals surface area contributed by atoms with Crippen LogP contribution < -0.4 is 0 Å². The van der Waals surface area contributed by atoms with Crippen LogP contribution in [0, 0.1) is 0 Å². The average molecular weight is 662 g/mol. The Morgan fingerprint density at radius 3 is 1.84 bits per heavy atom. The van der Waals surface area contributed by atoms with Crippen molar-refractivity contribution >= 4 is 46.4 Å². The van der Waals surface area contributed by atoms with E-state index in [1.54, 1.807) is 26.6 Å². The second kappa shape index (κ2) is 14.1. The smallest absolute Gasteiger partial charge is 0.152 e. The van der Waals surface area contributed by atoms with E-state index in [0.29, 0.717) is 67.3 Å². The first-order chi connectivity index (χ1) is 20.7. The molecule has 12 heteroatoms. The van der Waals surface area contributed by atoms with Crippen LogP contribution in [-0.2, 0) is 22.6 Å². The van der Waals surface area contributed by atoms with Crippen LogP contribution in [0.3, 0.4) is 0 Å². The third-order valence-corrected chi connectivity index (χ3v) is 8.88. The van der Waals surface area contributed by atoms with E-state index in [4.69, 9.17) is 55.9 Å². The molecule has 2 aromatic heterocycles. The molecule has 1 aliphatic heterocycles. The number of methoxy groups -OCH3 is 2. The molecular formula is C31H32Cl4N6O2. The molecule has 226 valence electrons. The second-order valence-corrected chi connectivity index (χ2v) is 12.1. The van der Waals surface area contributed by atoms with Gasteiger partial charge in [-0.15, -0.1) is 0 Å². The summed E-state index contributed by atoms with van der Waals surface area (Å²) >= 11 is 27.1. The highest BCUT2D eigenvalue weighted by Crippen LogP contribution is 2.42. The lowest BCUT2D eigenvalue weighted by atomic mass is 9.98. The topological polar surface area (TPSA) is 76.5 Å². The minimum Gasteiger partial charge on any atom is -0.380 e. The number of nitrogens with zero attached hydrogens (tertiary/aromatic N) is 6. The van der Waals surface area contributed by atoms with E-state index in [1.807, 2.05) is 50.4 Å². The largest absolute Gasteiger partial charge is 0.380 e. The van der Waals surface area contributed by atoms with Crippen LogP contribution in [0.4, 0.5) is 0 Å². The lowest BCUT2D eigenvalue weighted by Crippen LogP contribution is -2.51. The monoisotopic (exact) mass is 660 g/mol. The molecule has 0 bridgehead atoms. The Kier molecular flexibility index (Phi) is 10.5. The van der Waals surface area contributed by atoms with E-state index in [9.17, 15) is 0 Å². The van der Waals surface area contributed by atoms with Crippen molar-refractivity contribution < 1.29 is 9.47 Å². The minimum atomic E-state index is 0.0890. The first kappa shape index (κ1) is 32.0. The van der Waals surface area contributed by atoms with Gasteiger partial charge in [0.25, 0.3) is 0 Å². The Bertz CT molecular complexity index is 1600. The maximum absolute atomic E-state index is 6.98. The molecule has 43 heavy (non-hydrogen) atoms. The van der Waals surface area contributed by atoms with Crippen LogP contribution in [0.15, 0.2) is 48.8 Å². The lowest BCUT2D eigenvalue weighted by molar-refractivity contribution is -0.0339. The summed E-state index contributed by atoms with van der Waals surface area (Å²) < 4.78 is 10.7. The molecule has 4 aromatic rings. The maximum Gasteiger partial charge on any atom is 0.152 e. The Labute approximate surface area is 271 Å². The molecule has 0 N–H and O–H groups in total. The zero-order valence-corrected chi connectivity index (χ0v) is 27.3. The first-order valence-electron chi connectivity index (χ1n) is 13.8. The van der Waals surface area contributed by atoms with Gasteiger partial charge in [-0.05, 0) is 14.0 Å². The Balaban J connectivity index is 1.39. The second-order valence-electron chi connectivity index (χ2n) is 10.6. The number of hydrogen-bond donors (Lipinski definition) is 0. The molecular weight excluding hydrogens is 630 g/mol. The fourth-order valence-corrected chi connectivity index (χ4v) is 6.02. The molecule has 0 radical (unpaired) electrons. The van der Waals surface area contributed by atoms with E-state index < -0.39 is 0 Å². The third kappa shape index (κ3) is 7.30. The summed E-state index contributed by atoms with van der Waals surface area (Å²) in [5, 5.41) is 1.63. The maximum atomic E-state index is 6.98. The van der Waals surface area contributed by atoms with Crippen molar-refractivity contribution in [2.45, 2.75) is 32.2 Å². The van der Waals surface area contributed by atoms with Crippen molar-refractivity contribution in [3.63, 3.8) is 0 Å². The van der Waals surface area contributed by atoms with Crippen LogP contribution in [0.2, 0.25) is 20.4 Å². The van der Waals surface area contributed by atoms with E-state index in [0.717, 1.165) is 30.8 Å². The number of halogens is 4. The normalized spacial score (nSPS) is 14.7. The molecule has 1 aliphatic rings. The van der Waals surface area contributed by atoms with Crippen LogP contribution >= 0.6 is 46.4 Å². The van der Waals surface area contributed by atoms with Crippen molar-refractivity contribution in [1.29, 1.82) is 0 Å². The number of rotatable bonds is 11. The van der Waals surface area contributed by atoms with Crippen LogP contribution in [0.5, 0.6) is 0 Å². The van der Waals surface area contributed by atoms with Crippen LogP contribution in [0.25, 0.3) is 33.6 Å². The van der Waals surface area contributed by atoms with Crippen molar-refractivity contribution in [2.24, 2.45) is 0 Å². The Morgan fingerprint density at radius 2 is 1.35 bits per heavy atom. The van der Waals surface area contributed by atoms with Gasteiger partial charge in [-0.3, -0.25) is 19.8 Å². The van der Waals surface area contributed by atoms with Gasteiger partial charge in [0, 0.05) is 69.2 Å². The van der Waals surface area contributed by atoms with Gasteiger partial charge in [0.2, 0.25) is 0 Å². The number of likely N-dealkylation sites (N-methyl/N-ethyl adjacent to an activating group) is 1. The summed E-state index contributed by atoms with van der Waals surface area (Å²) in [6.45, 7) is 5.58. The Morgan fingerprint density at radius 1 is 0.837 bits per heavy atom. The summed E-state index contributed by atoms with van der Waals surface area (Å²) in [5.74, 6) is 0. The molecule has 0 spiro atoms. The van der Waals surface area contributed by atoms with Crippen molar-refractivity contribution in [2.75, 3.05) is 40.9 Å². The number of aromatic nitrogens is 4. The summed E-state index contributed by atoms with van der Waals surface area (Å²) in [6, 6.07) is 11.4. The van der Waals surface area contributed by atoms with Gasteiger partial charge >= 0.3 is 0 Å². The molecule has 2 aromatic carbocycles. The van der Waals surface area contributed by atoms with Crippen molar-refractivity contribution in [3.05, 3.63) is 80.5 Å². The number of hydrogen-bond acceptors (Lipinski definition) is 8. The van der Waals surface area contributed by atoms with E-state index >= 15 is 0 Å². The average Bonchev–Trinajstić information content (AvgIpc) is 2.97. The summed E-state index contributed by atoms with van der Waals surface area (Å²) in [5.41, 5.74) is 5.39. The zero-order chi connectivity index (χ0) is 30.7. The molecule has 1 unspecified atom stereocenters. The SMILES string of the molecule is COC(C)CN(C)Cc1ncc(-c2cccc(-c3cccc(-c4cnc(CN5CC(OC)C5)c(Cl)n4)c3Cl)c2Cl)nc1Cl. The molecule has 3 heterocycles. The molecule has 1 saturated heterocycles. The van der Waals surface area contributed by atoms with E-state index in [-0.39, 0.29) is 12.2 Å². The zero-order valence-electron chi connectivity index (χ0n) is 24.3. The van der Waals surface area contributed by atoms with Gasteiger partial charge in [-0.25, -0.2) is 9.97 Å². The van der Waals surface area contributed by atoms with Gasteiger partial charge in [0.05, 0.1) is 57.4 Å². The van der Waals surface area contributed by atoms with Crippen molar-refractivity contribution in [1.82, 2.24) is 29.7 Å². The van der Waals surface area contributed by atoms with Gasteiger partial charge in [-0.1, -0.05) is 82.8 Å². The highest BCUT2D eigenvalue weighted by atomic mass is 35.5. The highest BCUT2D eigenvalue weighted by molar-refractivity contribution is 6.39. The highest BCUT2D eigenvalue weighted by Gasteiger charge is 2.27. The minimum absolute atomic E-state index is 0.0890. The molecule has 1 atom stereocenters. The molecule has 0 amide bonds. The first-order valence-corrected chi connectivity index (χ1v) is 15.3. The predicted octanol–water partition coefficient (Wildman–Crippen LogP) is 7.18. The fourth-order valence-electron chi connectivity index (χ4n) is 4.98. The number of likely N-dealkylation sites (tertiary alicyclic amines) is 1. The summed E-state index contributed by atoms with van der Waals surface area (Å²) in [4.78, 5) is 22.7. The van der Waals surface area contributed by atoms with Crippen LogP contribution in [-0.4, -0.2) is 82.8 Å². The van der Waals surface area contributed by atoms with E-state index in [2.05, 4.69) is 29.7 Å². The van der Waals surface area contributed by atoms with Gasteiger partial charge < -0.3 is 9.47 Å². The number of ether oxygens (including phenoxy) is 2. The summed E-state index contributed by atoms with van der Waals surface area (Å²) in [6.07, 6.45) is 3.73. The molecule has 1 fully saturated rings. The molecule has 0 aliphatic carbocycles. The van der Waals surface area contributed by atoms with Crippen LogP contribution in [0.1, 0.15) is 18.3 Å². The molecule has 0 saturated carbocycles. The third-order valence-electron chi connectivity index (χ3n) is 7.46. The van der Waals surface area contributed by atoms with E-state index in [1.165, 1.54) is 0 Å². The van der Waals surface area contributed by atoms with Crippen molar-refractivity contribution in [3.8, 4) is 33.6 Å². The predicted molar refractivity (Wildman–Crippen MR) is 173 cm³/mol. The number of benzene rings is 2. The standard InChI is InChI=1S/C31H32Cl4N6O2/c1-18(42-3)13-40(2)16-26-30(34)38-24(11-36-26)22-9-5-7-20(28(22)32)21-8-6-10-23(29(21)33)25-12-37-27(31(35)39-25)17-41-14-19(15-41)43-4/h5-12,18-19H,13-17H2,1-4H3. The molecule has 5 rings (SSSR count). The fraction of sp³-hybridized carbons (Fsp3) is 0.355. The van der Waals surface area contributed by atoms with Gasteiger partial charge in [0.15, 0.2) is 10.3 Å².